The van der Waals surface area contributed by atoms with Crippen molar-refractivity contribution in [1.29, 1.82) is 0 Å². The van der Waals surface area contributed by atoms with Gasteiger partial charge >= 0.3 is 0 Å². The number of likely N-dealkylation sites (tertiary alicyclic amines) is 1. The standard InChI is InChI=1S/C12H15F2N/c1-15-7-5-9(6-8-15)10-3-2-4-11(13)12(10)14/h2-4,9H,5-8H2,1H3. The fraction of sp³-hybridized carbons (Fsp3) is 0.500. The fourth-order valence-electron chi connectivity index (χ4n) is 2.16. The molecule has 0 bridgehead atoms. The molecule has 1 aromatic carbocycles. The van der Waals surface area contributed by atoms with Gasteiger partial charge in [-0.1, -0.05) is 12.1 Å². The van der Waals surface area contributed by atoms with E-state index in [-0.39, 0.29) is 5.92 Å². The van der Waals surface area contributed by atoms with Crippen LogP contribution in [0, 0.1) is 11.6 Å². The molecule has 82 valence electrons. The summed E-state index contributed by atoms with van der Waals surface area (Å²) in [4.78, 5) is 2.22. The van der Waals surface area contributed by atoms with Crippen molar-refractivity contribution in [3.05, 3.63) is 35.4 Å². The highest BCUT2D eigenvalue weighted by Crippen LogP contribution is 2.29. The summed E-state index contributed by atoms with van der Waals surface area (Å²) in [5.41, 5.74) is 0.545. The zero-order valence-corrected chi connectivity index (χ0v) is 8.84. The van der Waals surface area contributed by atoms with E-state index in [4.69, 9.17) is 0 Å². The molecule has 2 rings (SSSR count). The van der Waals surface area contributed by atoms with Crippen LogP contribution in [0.5, 0.6) is 0 Å². The third kappa shape index (κ3) is 2.17. The molecular weight excluding hydrogens is 196 g/mol. The van der Waals surface area contributed by atoms with Crippen LogP contribution in [0.3, 0.4) is 0 Å². The van der Waals surface area contributed by atoms with Crippen LogP contribution in [0.15, 0.2) is 18.2 Å². The number of rotatable bonds is 1. The lowest BCUT2D eigenvalue weighted by Gasteiger charge is -2.29. The van der Waals surface area contributed by atoms with Gasteiger partial charge < -0.3 is 4.90 Å². The average molecular weight is 211 g/mol. The van der Waals surface area contributed by atoms with Gasteiger partial charge in [-0.2, -0.15) is 0 Å². The first-order valence-corrected chi connectivity index (χ1v) is 5.31. The topological polar surface area (TPSA) is 3.24 Å². The minimum Gasteiger partial charge on any atom is -0.306 e. The molecule has 0 radical (unpaired) electrons. The van der Waals surface area contributed by atoms with Gasteiger partial charge in [-0.05, 0) is 50.5 Å². The van der Waals surface area contributed by atoms with Crippen molar-refractivity contribution in [2.75, 3.05) is 20.1 Å². The SMILES string of the molecule is CN1CCC(c2cccc(F)c2F)CC1. The van der Waals surface area contributed by atoms with Gasteiger partial charge in [0.2, 0.25) is 0 Å². The van der Waals surface area contributed by atoms with E-state index < -0.39 is 11.6 Å². The summed E-state index contributed by atoms with van der Waals surface area (Å²) in [5, 5.41) is 0. The van der Waals surface area contributed by atoms with E-state index in [2.05, 4.69) is 11.9 Å². The first-order valence-electron chi connectivity index (χ1n) is 5.31. The number of hydrogen-bond donors (Lipinski definition) is 0. The van der Waals surface area contributed by atoms with Crippen LogP contribution in [-0.2, 0) is 0 Å². The Balaban J connectivity index is 2.19. The Morgan fingerprint density at radius 3 is 2.53 bits per heavy atom. The molecule has 15 heavy (non-hydrogen) atoms. The molecule has 1 nitrogen and oxygen atoms in total. The van der Waals surface area contributed by atoms with E-state index in [1.807, 2.05) is 0 Å². The summed E-state index contributed by atoms with van der Waals surface area (Å²) in [6.07, 6.45) is 1.83. The molecule has 0 aliphatic carbocycles. The summed E-state index contributed by atoms with van der Waals surface area (Å²) >= 11 is 0. The second-order valence-electron chi connectivity index (χ2n) is 4.22. The van der Waals surface area contributed by atoms with E-state index in [0.29, 0.717) is 5.56 Å². The minimum atomic E-state index is -0.730. The van der Waals surface area contributed by atoms with Crippen LogP contribution >= 0.6 is 0 Å². The van der Waals surface area contributed by atoms with E-state index in [1.54, 1.807) is 12.1 Å². The molecule has 1 saturated heterocycles. The van der Waals surface area contributed by atoms with Gasteiger partial charge in [-0.25, -0.2) is 8.78 Å². The van der Waals surface area contributed by atoms with Crippen LogP contribution in [0.25, 0.3) is 0 Å². The second kappa shape index (κ2) is 4.27. The Morgan fingerprint density at radius 2 is 1.87 bits per heavy atom. The molecule has 0 unspecified atom stereocenters. The molecule has 1 aliphatic heterocycles. The lowest BCUT2D eigenvalue weighted by molar-refractivity contribution is 0.252. The highest BCUT2D eigenvalue weighted by atomic mass is 19.2. The van der Waals surface area contributed by atoms with Crippen LogP contribution in [-0.4, -0.2) is 25.0 Å². The summed E-state index contributed by atoms with van der Waals surface area (Å²) in [6.45, 7) is 1.92. The summed E-state index contributed by atoms with van der Waals surface area (Å²) in [5.74, 6) is -1.21. The zero-order chi connectivity index (χ0) is 10.8. The van der Waals surface area contributed by atoms with Crippen molar-refractivity contribution in [1.82, 2.24) is 4.90 Å². The van der Waals surface area contributed by atoms with Crippen molar-refractivity contribution in [3.63, 3.8) is 0 Å². The Labute approximate surface area is 88.7 Å². The van der Waals surface area contributed by atoms with Gasteiger partial charge in [-0.15, -0.1) is 0 Å². The van der Waals surface area contributed by atoms with Crippen molar-refractivity contribution in [3.8, 4) is 0 Å². The highest BCUT2D eigenvalue weighted by molar-refractivity contribution is 5.23. The molecule has 1 aliphatic rings. The third-order valence-corrected chi connectivity index (χ3v) is 3.14. The Hall–Kier alpha value is -0.960. The van der Waals surface area contributed by atoms with E-state index in [9.17, 15) is 8.78 Å². The van der Waals surface area contributed by atoms with Gasteiger partial charge in [-0.3, -0.25) is 0 Å². The van der Waals surface area contributed by atoms with Gasteiger partial charge in [0.1, 0.15) is 0 Å². The van der Waals surface area contributed by atoms with Crippen LogP contribution in [0.4, 0.5) is 8.78 Å². The summed E-state index contributed by atoms with van der Waals surface area (Å²) in [6, 6.07) is 4.47. The molecule has 1 aromatic rings. The quantitative estimate of drug-likeness (QED) is 0.690. The summed E-state index contributed by atoms with van der Waals surface area (Å²) < 4.78 is 26.5. The Kier molecular flexibility index (Phi) is 3.00. The molecule has 3 heteroatoms. The number of hydrogen-bond acceptors (Lipinski definition) is 1. The largest absolute Gasteiger partial charge is 0.306 e. The number of nitrogens with zero attached hydrogens (tertiary/aromatic N) is 1. The lowest BCUT2D eigenvalue weighted by atomic mass is 9.89. The van der Waals surface area contributed by atoms with Gasteiger partial charge in [0.25, 0.3) is 0 Å². The third-order valence-electron chi connectivity index (χ3n) is 3.14. The van der Waals surface area contributed by atoms with Crippen molar-refractivity contribution < 1.29 is 8.78 Å². The fourth-order valence-corrected chi connectivity index (χ4v) is 2.16. The van der Waals surface area contributed by atoms with Crippen LogP contribution < -0.4 is 0 Å². The van der Waals surface area contributed by atoms with Gasteiger partial charge in [0, 0.05) is 0 Å². The van der Waals surface area contributed by atoms with E-state index in [1.165, 1.54) is 6.07 Å². The van der Waals surface area contributed by atoms with Gasteiger partial charge in [0.15, 0.2) is 11.6 Å². The first kappa shape index (κ1) is 10.6. The van der Waals surface area contributed by atoms with E-state index >= 15 is 0 Å². The predicted octanol–water partition coefficient (Wildman–Crippen LogP) is 2.77. The second-order valence-corrected chi connectivity index (χ2v) is 4.22. The molecule has 0 amide bonds. The molecule has 0 atom stereocenters. The number of halogens is 2. The maximum absolute atomic E-state index is 13.5. The molecule has 0 aromatic heterocycles. The smallest absolute Gasteiger partial charge is 0.162 e. The molecule has 1 fully saturated rings. The lowest BCUT2D eigenvalue weighted by Crippen LogP contribution is -2.29. The predicted molar refractivity (Wildman–Crippen MR) is 55.8 cm³/mol. The maximum atomic E-state index is 13.5. The number of benzene rings is 1. The molecule has 0 spiro atoms. The molecule has 0 saturated carbocycles. The first-order chi connectivity index (χ1) is 7.18. The normalized spacial score (nSPS) is 19.4. The molecule has 1 heterocycles. The average Bonchev–Trinajstić information content (AvgIpc) is 2.24. The Morgan fingerprint density at radius 1 is 1.20 bits per heavy atom. The number of piperidine rings is 1. The molecule has 0 N–H and O–H groups in total. The monoisotopic (exact) mass is 211 g/mol. The van der Waals surface area contributed by atoms with E-state index in [0.717, 1.165) is 25.9 Å². The van der Waals surface area contributed by atoms with Crippen molar-refractivity contribution in [2.45, 2.75) is 18.8 Å². The Bertz CT molecular complexity index is 343. The minimum absolute atomic E-state index is 0.178. The van der Waals surface area contributed by atoms with Gasteiger partial charge in [0.05, 0.1) is 0 Å². The van der Waals surface area contributed by atoms with Crippen molar-refractivity contribution >= 4 is 0 Å². The van der Waals surface area contributed by atoms with Crippen LogP contribution in [0.1, 0.15) is 24.3 Å². The maximum Gasteiger partial charge on any atom is 0.162 e. The van der Waals surface area contributed by atoms with Crippen molar-refractivity contribution in [2.24, 2.45) is 0 Å². The van der Waals surface area contributed by atoms with Crippen LogP contribution in [0.2, 0.25) is 0 Å². The zero-order valence-electron chi connectivity index (χ0n) is 8.84. The summed E-state index contributed by atoms with van der Waals surface area (Å²) in [7, 11) is 2.05. The highest BCUT2D eigenvalue weighted by Gasteiger charge is 2.22. The molecular formula is C12H15F2N.